The first-order valence-electron chi connectivity index (χ1n) is 8.27. The molecule has 0 heterocycles. The number of carbonyl (C=O) groups excluding carboxylic acids is 2. The minimum Gasteiger partial charge on any atom is -0.333 e. The van der Waals surface area contributed by atoms with Crippen LogP contribution in [0.3, 0.4) is 0 Å². The molecule has 144 valence electrons. The van der Waals surface area contributed by atoms with E-state index in [-0.39, 0.29) is 23.6 Å². The van der Waals surface area contributed by atoms with Crippen LogP contribution >= 0.6 is 34.8 Å². The van der Waals surface area contributed by atoms with E-state index in [2.05, 4.69) is 5.32 Å². The maximum atomic E-state index is 13.9. The van der Waals surface area contributed by atoms with Crippen molar-refractivity contribution in [2.45, 2.75) is 19.8 Å². The Morgan fingerprint density at radius 1 is 1.11 bits per heavy atom. The Kier molecular flexibility index (Phi) is 7.90. The van der Waals surface area contributed by atoms with E-state index in [1.165, 1.54) is 29.2 Å². The first kappa shape index (κ1) is 21.5. The van der Waals surface area contributed by atoms with E-state index in [1.54, 1.807) is 12.1 Å². The molecule has 0 aliphatic heterocycles. The molecule has 2 aromatic rings. The second-order valence-corrected chi connectivity index (χ2v) is 7.12. The molecule has 8 heteroatoms. The molecule has 0 saturated carbocycles. The summed E-state index contributed by atoms with van der Waals surface area (Å²) in [5, 5.41) is 3.56. The number of carbonyl (C=O) groups is 2. The molecule has 0 aliphatic carbocycles. The Labute approximate surface area is 172 Å². The molecule has 0 bridgehead atoms. The van der Waals surface area contributed by atoms with Crippen molar-refractivity contribution in [1.82, 2.24) is 4.90 Å². The standard InChI is InChI=1S/C19H18Cl3FN2O2/c1-2-8-25(19(27)10-13-14(21)4-3-5-16(13)23)11-18(26)24-17-9-12(20)6-7-15(17)22/h3-7,9H,2,8,10-11H2,1H3,(H,24,26). The number of nitrogens with zero attached hydrogens (tertiary/aromatic N) is 1. The fraction of sp³-hybridized carbons (Fsp3) is 0.263. The zero-order chi connectivity index (χ0) is 20.0. The van der Waals surface area contributed by atoms with Gasteiger partial charge in [-0.2, -0.15) is 0 Å². The fourth-order valence-corrected chi connectivity index (χ4v) is 3.05. The number of hydrogen-bond acceptors (Lipinski definition) is 2. The third-order valence-corrected chi connectivity index (χ3v) is 4.69. The number of amides is 2. The highest BCUT2D eigenvalue weighted by atomic mass is 35.5. The number of halogens is 4. The van der Waals surface area contributed by atoms with E-state index >= 15 is 0 Å². The van der Waals surface area contributed by atoms with Crippen molar-refractivity contribution >= 4 is 52.3 Å². The monoisotopic (exact) mass is 430 g/mol. The minimum absolute atomic E-state index is 0.114. The highest BCUT2D eigenvalue weighted by Crippen LogP contribution is 2.25. The number of anilines is 1. The summed E-state index contributed by atoms with van der Waals surface area (Å²) in [6, 6.07) is 8.92. The molecule has 0 fully saturated rings. The highest BCUT2D eigenvalue weighted by Gasteiger charge is 2.20. The normalized spacial score (nSPS) is 10.6. The zero-order valence-electron chi connectivity index (χ0n) is 14.6. The lowest BCUT2D eigenvalue weighted by Gasteiger charge is -2.22. The van der Waals surface area contributed by atoms with Gasteiger partial charge in [0, 0.05) is 22.2 Å². The van der Waals surface area contributed by atoms with Crippen LogP contribution in [0.25, 0.3) is 0 Å². The maximum absolute atomic E-state index is 13.9. The van der Waals surface area contributed by atoms with Gasteiger partial charge in [-0.1, -0.05) is 47.8 Å². The second kappa shape index (κ2) is 9.93. The third-order valence-electron chi connectivity index (χ3n) is 3.77. The van der Waals surface area contributed by atoms with Gasteiger partial charge in [-0.25, -0.2) is 4.39 Å². The Morgan fingerprint density at radius 3 is 2.52 bits per heavy atom. The molecule has 0 saturated heterocycles. The molecule has 2 amide bonds. The van der Waals surface area contributed by atoms with Gasteiger partial charge >= 0.3 is 0 Å². The second-order valence-electron chi connectivity index (χ2n) is 5.86. The van der Waals surface area contributed by atoms with Crippen molar-refractivity contribution < 1.29 is 14.0 Å². The van der Waals surface area contributed by atoms with Crippen LogP contribution in [0.2, 0.25) is 15.1 Å². The predicted molar refractivity (Wildman–Crippen MR) is 107 cm³/mol. The largest absolute Gasteiger partial charge is 0.333 e. The van der Waals surface area contributed by atoms with E-state index in [1.807, 2.05) is 6.92 Å². The van der Waals surface area contributed by atoms with Crippen molar-refractivity contribution in [1.29, 1.82) is 0 Å². The Hall–Kier alpha value is -1.82. The molecule has 0 aromatic heterocycles. The van der Waals surface area contributed by atoms with E-state index in [0.29, 0.717) is 28.7 Å². The lowest BCUT2D eigenvalue weighted by atomic mass is 10.1. The van der Waals surface area contributed by atoms with Crippen LogP contribution in [0.15, 0.2) is 36.4 Å². The number of rotatable bonds is 7. The van der Waals surface area contributed by atoms with Crippen molar-refractivity contribution in [3.63, 3.8) is 0 Å². The summed E-state index contributed by atoms with van der Waals surface area (Å²) < 4.78 is 13.9. The van der Waals surface area contributed by atoms with Crippen LogP contribution in [0.1, 0.15) is 18.9 Å². The summed E-state index contributed by atoms with van der Waals surface area (Å²) in [6.45, 7) is 2.03. The first-order chi connectivity index (χ1) is 12.8. The molecular weight excluding hydrogens is 414 g/mol. The summed E-state index contributed by atoms with van der Waals surface area (Å²) in [5.41, 5.74) is 0.471. The van der Waals surface area contributed by atoms with Crippen LogP contribution in [-0.2, 0) is 16.0 Å². The summed E-state index contributed by atoms with van der Waals surface area (Å²) in [6.07, 6.45) is 0.415. The van der Waals surface area contributed by atoms with E-state index < -0.39 is 17.6 Å². The highest BCUT2D eigenvalue weighted by molar-refractivity contribution is 6.35. The summed E-state index contributed by atoms with van der Waals surface area (Å²) in [5.74, 6) is -1.38. The first-order valence-corrected chi connectivity index (χ1v) is 9.40. The van der Waals surface area contributed by atoms with E-state index in [0.717, 1.165) is 0 Å². The van der Waals surface area contributed by atoms with E-state index in [4.69, 9.17) is 34.8 Å². The maximum Gasteiger partial charge on any atom is 0.244 e. The van der Waals surface area contributed by atoms with Crippen molar-refractivity contribution in [2.75, 3.05) is 18.4 Å². The third kappa shape index (κ3) is 6.09. The average Bonchev–Trinajstić information content (AvgIpc) is 2.61. The zero-order valence-corrected chi connectivity index (χ0v) is 16.8. The quantitative estimate of drug-likeness (QED) is 0.654. The number of hydrogen-bond donors (Lipinski definition) is 1. The van der Waals surface area contributed by atoms with Crippen LogP contribution in [0, 0.1) is 5.82 Å². The summed E-state index contributed by atoms with van der Waals surface area (Å²) in [7, 11) is 0. The van der Waals surface area contributed by atoms with Gasteiger partial charge in [0.05, 0.1) is 23.7 Å². The molecule has 2 rings (SSSR count). The van der Waals surface area contributed by atoms with Crippen molar-refractivity contribution in [3.8, 4) is 0 Å². The topological polar surface area (TPSA) is 49.4 Å². The van der Waals surface area contributed by atoms with Crippen molar-refractivity contribution in [3.05, 3.63) is 62.8 Å². The summed E-state index contributed by atoms with van der Waals surface area (Å²) in [4.78, 5) is 26.3. The number of nitrogens with one attached hydrogen (secondary N) is 1. The van der Waals surface area contributed by atoms with Gasteiger partial charge in [-0.05, 0) is 36.8 Å². The molecule has 0 spiro atoms. The fourth-order valence-electron chi connectivity index (χ4n) is 2.48. The summed E-state index contributed by atoms with van der Waals surface area (Å²) >= 11 is 17.9. The van der Waals surface area contributed by atoms with Crippen molar-refractivity contribution in [2.24, 2.45) is 0 Å². The lowest BCUT2D eigenvalue weighted by molar-refractivity contribution is -0.134. The van der Waals surface area contributed by atoms with Gasteiger partial charge in [-0.15, -0.1) is 0 Å². The van der Waals surface area contributed by atoms with Crippen LogP contribution in [0.4, 0.5) is 10.1 Å². The SMILES string of the molecule is CCCN(CC(=O)Nc1cc(Cl)ccc1Cl)C(=O)Cc1c(F)cccc1Cl. The lowest BCUT2D eigenvalue weighted by Crippen LogP contribution is -2.39. The molecule has 0 aliphatic rings. The molecule has 0 atom stereocenters. The molecule has 0 radical (unpaired) electrons. The predicted octanol–water partition coefficient (Wildman–Crippen LogP) is 5.21. The van der Waals surface area contributed by atoms with Gasteiger partial charge < -0.3 is 10.2 Å². The average molecular weight is 432 g/mol. The molecule has 27 heavy (non-hydrogen) atoms. The Morgan fingerprint density at radius 2 is 1.85 bits per heavy atom. The van der Waals surface area contributed by atoms with Gasteiger partial charge in [0.2, 0.25) is 11.8 Å². The van der Waals surface area contributed by atoms with Gasteiger partial charge in [-0.3, -0.25) is 9.59 Å². The Bertz CT molecular complexity index is 825. The molecule has 1 N–H and O–H groups in total. The molecular formula is C19H18Cl3FN2O2. The minimum atomic E-state index is -0.553. The van der Waals surface area contributed by atoms with Crippen LogP contribution in [-0.4, -0.2) is 29.8 Å². The molecule has 4 nitrogen and oxygen atoms in total. The molecule has 2 aromatic carbocycles. The van der Waals surface area contributed by atoms with E-state index in [9.17, 15) is 14.0 Å². The van der Waals surface area contributed by atoms with Gasteiger partial charge in [0.25, 0.3) is 0 Å². The number of benzene rings is 2. The van der Waals surface area contributed by atoms with Gasteiger partial charge in [0.15, 0.2) is 0 Å². The Balaban J connectivity index is 2.08. The van der Waals surface area contributed by atoms with Gasteiger partial charge in [0.1, 0.15) is 5.82 Å². The van der Waals surface area contributed by atoms with Crippen LogP contribution in [0.5, 0.6) is 0 Å². The molecule has 0 unspecified atom stereocenters. The smallest absolute Gasteiger partial charge is 0.244 e. The van der Waals surface area contributed by atoms with Crippen LogP contribution < -0.4 is 5.32 Å².